The molecule has 0 bridgehead atoms. The van der Waals surface area contributed by atoms with Gasteiger partial charge in [-0.3, -0.25) is 9.59 Å². The van der Waals surface area contributed by atoms with Crippen molar-refractivity contribution in [3.63, 3.8) is 0 Å². The minimum atomic E-state index is -4.64. The van der Waals surface area contributed by atoms with Gasteiger partial charge in [0, 0.05) is 18.5 Å². The zero-order valence-corrected chi connectivity index (χ0v) is 18.5. The molecule has 0 radical (unpaired) electrons. The van der Waals surface area contributed by atoms with Crippen LogP contribution in [0.1, 0.15) is 29.0 Å². The van der Waals surface area contributed by atoms with Crippen molar-refractivity contribution in [2.24, 2.45) is 0 Å². The van der Waals surface area contributed by atoms with Crippen molar-refractivity contribution >= 4 is 34.0 Å². The maximum Gasteiger partial charge on any atom is 0.416 e. The van der Waals surface area contributed by atoms with Gasteiger partial charge in [-0.2, -0.15) is 18.3 Å². The number of carboxylic acids is 1. The topological polar surface area (TPSA) is 114 Å². The Balaban J connectivity index is 1.73. The largest absolute Gasteiger partial charge is 0.476 e. The lowest BCUT2D eigenvalue weighted by molar-refractivity contribution is -0.137. The maximum absolute atomic E-state index is 13.4. The molecular weight excluding hydrogens is 469 g/mol. The summed E-state index contributed by atoms with van der Waals surface area (Å²) in [4.78, 5) is 39.6. The van der Waals surface area contributed by atoms with Gasteiger partial charge in [0.25, 0.3) is 5.56 Å². The second kappa shape index (κ2) is 9.37. The molecule has 4 rings (SSSR count). The van der Waals surface area contributed by atoms with E-state index < -0.39 is 40.9 Å². The van der Waals surface area contributed by atoms with Crippen LogP contribution in [0, 0.1) is 0 Å². The summed E-state index contributed by atoms with van der Waals surface area (Å²) in [6.45, 7) is 2.89. The van der Waals surface area contributed by atoms with Gasteiger partial charge in [0.2, 0.25) is 5.91 Å². The lowest BCUT2D eigenvalue weighted by Gasteiger charge is -2.31. The number of nitrogens with zero attached hydrogens (tertiary/aromatic N) is 3. The second-order valence-electron chi connectivity index (χ2n) is 7.94. The molecule has 1 atom stereocenters. The average Bonchev–Trinajstić information content (AvgIpc) is 2.83. The molecule has 9 nitrogen and oxygen atoms in total. The Kier molecular flexibility index (Phi) is 6.48. The minimum Gasteiger partial charge on any atom is -0.476 e. The molecule has 1 aromatic heterocycles. The summed E-state index contributed by atoms with van der Waals surface area (Å²) < 4.78 is 46.1. The smallest absolute Gasteiger partial charge is 0.416 e. The summed E-state index contributed by atoms with van der Waals surface area (Å²) in [5.41, 5.74) is -1.80. The number of ether oxygens (including phenoxy) is 1. The molecule has 12 heteroatoms. The standard InChI is InChI=1S/C23H21F3N4O5/c1-13(30-21(32)16-5-3-2-4-15(16)19(28-30)22(33)34)20(31)27-17-12-14(23(24,25)26)6-7-18(17)29-8-10-35-11-9-29/h2-7,12-13H,8-11H2,1H3,(H,27,31)(H,33,34)/t13-/m1/s1. The Morgan fingerprint density at radius 3 is 2.40 bits per heavy atom. The van der Waals surface area contributed by atoms with Crippen LogP contribution in [0.25, 0.3) is 10.8 Å². The molecule has 0 unspecified atom stereocenters. The van der Waals surface area contributed by atoms with Crippen molar-refractivity contribution in [3.8, 4) is 0 Å². The quantitative estimate of drug-likeness (QED) is 0.565. The lowest BCUT2D eigenvalue weighted by Crippen LogP contribution is -2.38. The minimum absolute atomic E-state index is 0.0487. The van der Waals surface area contributed by atoms with Gasteiger partial charge in [0.05, 0.1) is 35.5 Å². The number of anilines is 2. The normalized spacial score (nSPS) is 15.1. The summed E-state index contributed by atoms with van der Waals surface area (Å²) in [7, 11) is 0. The zero-order chi connectivity index (χ0) is 25.3. The van der Waals surface area contributed by atoms with Crippen LogP contribution in [0.5, 0.6) is 0 Å². The summed E-state index contributed by atoms with van der Waals surface area (Å²) in [5, 5.41) is 16.0. The van der Waals surface area contributed by atoms with Crippen LogP contribution in [0.15, 0.2) is 47.3 Å². The number of nitrogens with one attached hydrogen (secondary N) is 1. The number of halogens is 3. The number of carbonyl (C=O) groups is 2. The van der Waals surface area contributed by atoms with E-state index >= 15 is 0 Å². The number of morpholine rings is 1. The number of rotatable bonds is 5. The Hall–Kier alpha value is -3.93. The van der Waals surface area contributed by atoms with Gasteiger partial charge in [-0.25, -0.2) is 9.48 Å². The first-order valence-corrected chi connectivity index (χ1v) is 10.7. The molecule has 1 aliphatic heterocycles. The van der Waals surface area contributed by atoms with E-state index in [1.165, 1.54) is 25.1 Å². The molecule has 1 amide bonds. The van der Waals surface area contributed by atoms with Crippen molar-refractivity contribution in [2.45, 2.75) is 19.1 Å². The predicted octanol–water partition coefficient (Wildman–Crippen LogP) is 3.15. The first-order chi connectivity index (χ1) is 16.6. The number of hydrogen-bond donors (Lipinski definition) is 2. The molecular formula is C23H21F3N4O5. The third-order valence-electron chi connectivity index (χ3n) is 5.71. The average molecular weight is 490 g/mol. The van der Waals surface area contributed by atoms with Gasteiger partial charge < -0.3 is 20.1 Å². The van der Waals surface area contributed by atoms with E-state index in [-0.39, 0.29) is 16.5 Å². The van der Waals surface area contributed by atoms with Crippen LogP contribution < -0.4 is 15.8 Å². The van der Waals surface area contributed by atoms with E-state index in [9.17, 15) is 32.7 Å². The number of hydrogen-bond acceptors (Lipinski definition) is 6. The van der Waals surface area contributed by atoms with Crippen LogP contribution in [0.4, 0.5) is 24.5 Å². The molecule has 0 spiro atoms. The SMILES string of the molecule is C[C@H](C(=O)Nc1cc(C(F)(F)F)ccc1N1CCOCC1)n1nc(C(=O)O)c2ccccc2c1=O. The van der Waals surface area contributed by atoms with Gasteiger partial charge in [0.1, 0.15) is 6.04 Å². The number of carboxylic acid groups (broad SMARTS) is 1. The fraction of sp³-hybridized carbons (Fsp3) is 0.304. The molecule has 3 aromatic rings. The Morgan fingerprint density at radius 2 is 1.77 bits per heavy atom. The third kappa shape index (κ3) is 4.83. The number of aromatic nitrogens is 2. The van der Waals surface area contributed by atoms with E-state index in [1.54, 1.807) is 17.0 Å². The highest BCUT2D eigenvalue weighted by atomic mass is 19.4. The lowest BCUT2D eigenvalue weighted by atomic mass is 10.1. The van der Waals surface area contributed by atoms with Crippen LogP contribution in [-0.2, 0) is 15.7 Å². The van der Waals surface area contributed by atoms with Crippen molar-refractivity contribution in [1.29, 1.82) is 0 Å². The zero-order valence-electron chi connectivity index (χ0n) is 18.5. The fourth-order valence-corrected chi connectivity index (χ4v) is 3.87. The van der Waals surface area contributed by atoms with E-state index in [1.807, 2.05) is 0 Å². The van der Waals surface area contributed by atoms with Gasteiger partial charge >= 0.3 is 12.1 Å². The number of alkyl halides is 3. The number of carbonyl (C=O) groups excluding carboxylic acids is 1. The molecule has 184 valence electrons. The maximum atomic E-state index is 13.4. The Labute approximate surface area is 196 Å². The first kappa shape index (κ1) is 24.2. The number of amides is 1. The molecule has 1 saturated heterocycles. The molecule has 1 fully saturated rings. The van der Waals surface area contributed by atoms with E-state index in [0.29, 0.717) is 32.0 Å². The van der Waals surface area contributed by atoms with E-state index in [4.69, 9.17) is 4.74 Å². The molecule has 2 aromatic carbocycles. The van der Waals surface area contributed by atoms with Crippen LogP contribution >= 0.6 is 0 Å². The number of fused-ring (bicyclic) bond motifs is 1. The highest BCUT2D eigenvalue weighted by molar-refractivity contribution is 6.01. The highest BCUT2D eigenvalue weighted by Crippen LogP contribution is 2.36. The summed E-state index contributed by atoms with van der Waals surface area (Å²) in [6.07, 6.45) is -4.64. The summed E-state index contributed by atoms with van der Waals surface area (Å²) >= 11 is 0. The highest BCUT2D eigenvalue weighted by Gasteiger charge is 2.32. The van der Waals surface area contributed by atoms with Crippen LogP contribution in [0.3, 0.4) is 0 Å². The molecule has 35 heavy (non-hydrogen) atoms. The van der Waals surface area contributed by atoms with Crippen LogP contribution in [-0.4, -0.2) is 53.1 Å². The number of benzene rings is 2. The molecule has 2 heterocycles. The van der Waals surface area contributed by atoms with Crippen molar-refractivity contribution in [1.82, 2.24) is 9.78 Å². The Bertz CT molecular complexity index is 1350. The van der Waals surface area contributed by atoms with Gasteiger partial charge in [-0.05, 0) is 31.2 Å². The molecule has 0 saturated carbocycles. The van der Waals surface area contributed by atoms with Gasteiger partial charge in [-0.1, -0.05) is 18.2 Å². The van der Waals surface area contributed by atoms with E-state index in [0.717, 1.165) is 16.8 Å². The van der Waals surface area contributed by atoms with Gasteiger partial charge in [0.15, 0.2) is 5.69 Å². The fourth-order valence-electron chi connectivity index (χ4n) is 3.87. The second-order valence-corrected chi connectivity index (χ2v) is 7.94. The van der Waals surface area contributed by atoms with Crippen molar-refractivity contribution in [2.75, 3.05) is 36.5 Å². The summed E-state index contributed by atoms with van der Waals surface area (Å²) in [5.74, 6) is -2.23. The van der Waals surface area contributed by atoms with Crippen molar-refractivity contribution in [3.05, 3.63) is 64.1 Å². The van der Waals surface area contributed by atoms with Gasteiger partial charge in [-0.15, -0.1) is 0 Å². The molecule has 1 aliphatic rings. The first-order valence-electron chi connectivity index (χ1n) is 10.7. The molecule has 0 aliphatic carbocycles. The molecule has 2 N–H and O–H groups in total. The number of aromatic carboxylic acids is 1. The monoisotopic (exact) mass is 490 g/mol. The summed E-state index contributed by atoms with van der Waals surface area (Å²) in [6, 6.07) is 7.65. The predicted molar refractivity (Wildman–Crippen MR) is 121 cm³/mol. The third-order valence-corrected chi connectivity index (χ3v) is 5.71. The van der Waals surface area contributed by atoms with Crippen LogP contribution in [0.2, 0.25) is 0 Å². The van der Waals surface area contributed by atoms with Crippen molar-refractivity contribution < 1.29 is 32.6 Å². The Morgan fingerprint density at radius 1 is 1.11 bits per heavy atom. The van der Waals surface area contributed by atoms with E-state index in [2.05, 4.69) is 10.4 Å².